The van der Waals surface area contributed by atoms with Gasteiger partial charge in [0.15, 0.2) is 4.96 Å². The van der Waals surface area contributed by atoms with Gasteiger partial charge in [-0.1, -0.05) is 29.0 Å². The Balaban J connectivity index is 1.34. The van der Waals surface area contributed by atoms with E-state index < -0.39 is 0 Å². The van der Waals surface area contributed by atoms with Crippen LogP contribution in [-0.2, 0) is 12.8 Å². The molecule has 0 aliphatic heterocycles. The summed E-state index contributed by atoms with van der Waals surface area (Å²) in [4.78, 5) is 34.2. The number of aryl methyl sites for hydroxylation is 5. The SMILES string of the molecule is Cc1ccc(NC(=O)c2c(-n3c(C)cc(/C=c4\sc5nc6cc(C)c(C)cc6n5c4=O)c3C)sc3c2CCCC3)cc1. The quantitative estimate of drug-likeness (QED) is 0.240. The summed E-state index contributed by atoms with van der Waals surface area (Å²) in [7, 11) is 0. The standard InChI is InChI=1S/C34H32N4O2S2/c1-18-10-12-24(13-11-18)35-31(39)30-25-8-6-7-9-28(25)41-33(30)37-21(4)16-23(22(37)5)17-29-32(40)38-27-15-20(3)19(2)14-26(27)36-34(38)42-29/h10-17H,6-9H2,1-5H3,(H,35,39)/b29-17-. The van der Waals surface area contributed by atoms with Crippen molar-refractivity contribution in [2.75, 3.05) is 5.32 Å². The molecule has 1 amide bonds. The summed E-state index contributed by atoms with van der Waals surface area (Å²) < 4.78 is 4.59. The molecule has 4 aromatic heterocycles. The number of hydrogen-bond acceptors (Lipinski definition) is 5. The van der Waals surface area contributed by atoms with Crippen molar-refractivity contribution >= 4 is 56.3 Å². The third kappa shape index (κ3) is 4.32. The highest BCUT2D eigenvalue weighted by atomic mass is 32.1. The highest BCUT2D eigenvalue weighted by Crippen LogP contribution is 2.39. The van der Waals surface area contributed by atoms with E-state index in [4.69, 9.17) is 4.98 Å². The maximum atomic E-state index is 13.8. The first-order chi connectivity index (χ1) is 20.2. The zero-order valence-electron chi connectivity index (χ0n) is 24.4. The molecule has 0 spiro atoms. The number of amides is 1. The minimum absolute atomic E-state index is 0.0460. The van der Waals surface area contributed by atoms with E-state index in [-0.39, 0.29) is 11.5 Å². The van der Waals surface area contributed by atoms with Gasteiger partial charge in [-0.25, -0.2) is 9.38 Å². The number of thiazole rings is 1. The first-order valence-corrected chi connectivity index (χ1v) is 16.0. The van der Waals surface area contributed by atoms with Gasteiger partial charge in [0, 0.05) is 22.0 Å². The molecule has 0 saturated carbocycles. The van der Waals surface area contributed by atoms with E-state index in [0.29, 0.717) is 9.49 Å². The molecule has 1 aliphatic rings. The van der Waals surface area contributed by atoms with Crippen LogP contribution in [0.15, 0.2) is 47.3 Å². The van der Waals surface area contributed by atoms with E-state index >= 15 is 0 Å². The third-order valence-corrected chi connectivity index (χ3v) is 10.7. The lowest BCUT2D eigenvalue weighted by Crippen LogP contribution is -2.22. The lowest BCUT2D eigenvalue weighted by atomic mass is 9.95. The Kier molecular flexibility index (Phi) is 6.44. The molecule has 0 radical (unpaired) electrons. The normalized spacial score (nSPS) is 13.8. The Morgan fingerprint density at radius 3 is 2.48 bits per heavy atom. The number of benzene rings is 2. The second-order valence-corrected chi connectivity index (χ2v) is 13.5. The Morgan fingerprint density at radius 1 is 0.952 bits per heavy atom. The number of fused-ring (bicyclic) bond motifs is 4. The van der Waals surface area contributed by atoms with Crippen LogP contribution in [0.2, 0.25) is 0 Å². The third-order valence-electron chi connectivity index (χ3n) is 8.50. The summed E-state index contributed by atoms with van der Waals surface area (Å²) in [6, 6.07) is 14.1. The van der Waals surface area contributed by atoms with Gasteiger partial charge in [0.1, 0.15) is 5.00 Å². The van der Waals surface area contributed by atoms with Crippen molar-refractivity contribution < 1.29 is 4.79 Å². The molecule has 6 aromatic rings. The van der Waals surface area contributed by atoms with E-state index in [2.05, 4.69) is 49.7 Å². The van der Waals surface area contributed by atoms with Gasteiger partial charge in [0.2, 0.25) is 0 Å². The fourth-order valence-electron chi connectivity index (χ4n) is 6.08. The van der Waals surface area contributed by atoms with Crippen molar-refractivity contribution in [1.29, 1.82) is 0 Å². The van der Waals surface area contributed by atoms with Crippen LogP contribution in [0.5, 0.6) is 0 Å². The average molecular weight is 593 g/mol. The van der Waals surface area contributed by atoms with Gasteiger partial charge in [-0.3, -0.25) is 9.59 Å². The molecular weight excluding hydrogens is 561 g/mol. The molecular formula is C34H32N4O2S2. The Labute approximate surface area is 252 Å². The van der Waals surface area contributed by atoms with Crippen molar-refractivity contribution in [3.05, 3.63) is 107 Å². The Hall–Kier alpha value is -4.01. The predicted molar refractivity (Wildman–Crippen MR) is 174 cm³/mol. The fourth-order valence-corrected chi connectivity index (χ4v) is 8.55. The highest BCUT2D eigenvalue weighted by Gasteiger charge is 2.28. The molecule has 8 heteroatoms. The summed E-state index contributed by atoms with van der Waals surface area (Å²) in [5.41, 5.74) is 10.9. The van der Waals surface area contributed by atoms with Crippen molar-refractivity contribution in [2.45, 2.75) is 60.3 Å². The molecule has 0 saturated heterocycles. The molecule has 42 heavy (non-hydrogen) atoms. The number of nitrogens with zero attached hydrogens (tertiary/aromatic N) is 3. The van der Waals surface area contributed by atoms with Gasteiger partial charge in [-0.05, 0) is 119 Å². The van der Waals surface area contributed by atoms with E-state index in [1.54, 1.807) is 15.7 Å². The average Bonchev–Trinajstić information content (AvgIpc) is 3.66. The Bertz CT molecular complexity index is 2160. The number of thiophene rings is 1. The monoisotopic (exact) mass is 592 g/mol. The molecule has 0 bridgehead atoms. The maximum Gasteiger partial charge on any atom is 0.274 e. The number of carbonyl (C=O) groups is 1. The molecule has 4 heterocycles. The van der Waals surface area contributed by atoms with Crippen LogP contribution in [0.3, 0.4) is 0 Å². The molecule has 6 nitrogen and oxygen atoms in total. The lowest BCUT2D eigenvalue weighted by Gasteiger charge is -2.14. The lowest BCUT2D eigenvalue weighted by molar-refractivity contribution is 0.102. The summed E-state index contributed by atoms with van der Waals surface area (Å²) in [5, 5.41) is 4.12. The van der Waals surface area contributed by atoms with Crippen LogP contribution in [0.4, 0.5) is 5.69 Å². The first kappa shape index (κ1) is 26.9. The second kappa shape index (κ2) is 10.1. The van der Waals surface area contributed by atoms with E-state index in [1.165, 1.54) is 27.3 Å². The van der Waals surface area contributed by atoms with Crippen LogP contribution in [0.25, 0.3) is 27.1 Å². The fraction of sp³-hybridized carbons (Fsp3) is 0.265. The van der Waals surface area contributed by atoms with Crippen LogP contribution >= 0.6 is 22.7 Å². The number of hydrogen-bond donors (Lipinski definition) is 1. The van der Waals surface area contributed by atoms with Crippen LogP contribution in [0, 0.1) is 34.6 Å². The van der Waals surface area contributed by atoms with Crippen LogP contribution in [0.1, 0.15) is 67.3 Å². The maximum absolute atomic E-state index is 13.8. The molecule has 1 aliphatic carbocycles. The smallest absolute Gasteiger partial charge is 0.274 e. The minimum Gasteiger partial charge on any atom is -0.322 e. The van der Waals surface area contributed by atoms with E-state index in [0.717, 1.165) is 81.0 Å². The summed E-state index contributed by atoms with van der Waals surface area (Å²) >= 11 is 3.15. The van der Waals surface area contributed by atoms with Crippen molar-refractivity contribution in [3.8, 4) is 5.00 Å². The molecule has 212 valence electrons. The van der Waals surface area contributed by atoms with Crippen molar-refractivity contribution in [1.82, 2.24) is 14.0 Å². The number of imidazole rings is 1. The van der Waals surface area contributed by atoms with Crippen LogP contribution < -0.4 is 15.4 Å². The summed E-state index contributed by atoms with van der Waals surface area (Å²) in [5.74, 6) is -0.0648. The van der Waals surface area contributed by atoms with E-state index in [1.807, 2.05) is 43.3 Å². The van der Waals surface area contributed by atoms with Crippen molar-refractivity contribution in [3.63, 3.8) is 0 Å². The van der Waals surface area contributed by atoms with Gasteiger partial charge >= 0.3 is 0 Å². The number of nitrogens with one attached hydrogen (secondary N) is 1. The molecule has 7 rings (SSSR count). The van der Waals surface area contributed by atoms with Crippen molar-refractivity contribution in [2.24, 2.45) is 0 Å². The Morgan fingerprint density at radius 2 is 1.69 bits per heavy atom. The molecule has 2 aromatic carbocycles. The number of carbonyl (C=O) groups excluding carboxylic acids is 1. The van der Waals surface area contributed by atoms with Gasteiger partial charge < -0.3 is 9.88 Å². The van der Waals surface area contributed by atoms with E-state index in [9.17, 15) is 9.59 Å². The summed E-state index contributed by atoms with van der Waals surface area (Å²) in [6.45, 7) is 10.3. The highest BCUT2D eigenvalue weighted by molar-refractivity contribution is 7.15. The minimum atomic E-state index is -0.0648. The number of anilines is 1. The zero-order valence-corrected chi connectivity index (χ0v) is 26.1. The molecule has 1 N–H and O–H groups in total. The largest absolute Gasteiger partial charge is 0.322 e. The zero-order chi connectivity index (χ0) is 29.3. The number of rotatable bonds is 4. The van der Waals surface area contributed by atoms with Gasteiger partial charge in [0.25, 0.3) is 11.5 Å². The second-order valence-electron chi connectivity index (χ2n) is 11.4. The van der Waals surface area contributed by atoms with Gasteiger partial charge in [-0.2, -0.15) is 0 Å². The van der Waals surface area contributed by atoms with Gasteiger partial charge in [-0.15, -0.1) is 11.3 Å². The topological polar surface area (TPSA) is 68.4 Å². The van der Waals surface area contributed by atoms with Crippen LogP contribution in [-0.4, -0.2) is 19.9 Å². The predicted octanol–water partition coefficient (Wildman–Crippen LogP) is 6.98. The molecule has 0 atom stereocenters. The number of aromatic nitrogens is 3. The molecule has 0 unspecified atom stereocenters. The summed E-state index contributed by atoms with van der Waals surface area (Å²) in [6.07, 6.45) is 6.14. The van der Waals surface area contributed by atoms with Gasteiger partial charge in [0.05, 0.1) is 21.1 Å². The molecule has 0 fully saturated rings. The first-order valence-electron chi connectivity index (χ1n) is 14.4.